The summed E-state index contributed by atoms with van der Waals surface area (Å²) in [6, 6.07) is 6.67. The fraction of sp³-hybridized carbons (Fsp3) is 0.316. The van der Waals surface area contributed by atoms with Gasteiger partial charge in [0.05, 0.1) is 6.04 Å². The van der Waals surface area contributed by atoms with Crippen LogP contribution in [0, 0.1) is 6.92 Å². The topological polar surface area (TPSA) is 80.3 Å². The summed E-state index contributed by atoms with van der Waals surface area (Å²) < 4.78 is 30.8. The number of aromatic nitrogens is 1. The molecule has 0 aliphatic heterocycles. The number of pyridine rings is 1. The van der Waals surface area contributed by atoms with E-state index < -0.39 is 18.1 Å². The van der Waals surface area contributed by atoms with Gasteiger partial charge in [0.25, 0.3) is 5.91 Å². The molecule has 1 aromatic carbocycles. The molecule has 2 N–H and O–H groups in total. The number of hydrogen-bond acceptors (Lipinski definition) is 4. The van der Waals surface area contributed by atoms with E-state index in [1.807, 2.05) is 0 Å². The van der Waals surface area contributed by atoms with Gasteiger partial charge in [0, 0.05) is 30.1 Å². The van der Waals surface area contributed by atoms with Crippen LogP contribution < -0.4 is 15.4 Å². The van der Waals surface area contributed by atoms with Gasteiger partial charge in [0.15, 0.2) is 0 Å². The molecular formula is C19H20ClF2N3O3. The molecule has 0 saturated heterocycles. The van der Waals surface area contributed by atoms with Crippen molar-refractivity contribution in [1.29, 1.82) is 0 Å². The van der Waals surface area contributed by atoms with Crippen molar-refractivity contribution < 1.29 is 23.1 Å². The van der Waals surface area contributed by atoms with Crippen LogP contribution >= 0.6 is 11.6 Å². The average molecular weight is 412 g/mol. The number of aryl methyl sites for hydroxylation is 1. The highest BCUT2D eigenvalue weighted by Gasteiger charge is 2.24. The van der Waals surface area contributed by atoms with Gasteiger partial charge in [-0.25, -0.2) is 4.98 Å². The summed E-state index contributed by atoms with van der Waals surface area (Å²) in [6.45, 7) is 5.33. The zero-order valence-electron chi connectivity index (χ0n) is 15.8. The van der Waals surface area contributed by atoms with E-state index in [2.05, 4.69) is 20.4 Å². The Labute approximate surface area is 166 Å². The molecule has 1 atom stereocenters. The van der Waals surface area contributed by atoms with E-state index >= 15 is 0 Å². The average Bonchev–Trinajstić information content (AvgIpc) is 2.51. The monoisotopic (exact) mass is 411 g/mol. The van der Waals surface area contributed by atoms with Gasteiger partial charge < -0.3 is 15.4 Å². The molecule has 2 amide bonds. The highest BCUT2D eigenvalue weighted by atomic mass is 35.5. The number of carbonyl (C=O) groups excluding carboxylic acids is 2. The Bertz CT molecular complexity index is 900. The van der Waals surface area contributed by atoms with E-state index in [0.717, 1.165) is 0 Å². The number of ether oxygens (including phenoxy) is 1. The first kappa shape index (κ1) is 21.6. The molecule has 0 saturated carbocycles. The molecule has 150 valence electrons. The molecule has 28 heavy (non-hydrogen) atoms. The smallest absolute Gasteiger partial charge is 0.394 e. The number of hydrogen-bond donors (Lipinski definition) is 2. The molecule has 1 aromatic heterocycles. The zero-order valence-corrected chi connectivity index (χ0v) is 16.5. The van der Waals surface area contributed by atoms with Crippen molar-refractivity contribution >= 4 is 29.2 Å². The van der Waals surface area contributed by atoms with Crippen LogP contribution in [0.2, 0.25) is 5.02 Å². The standard InChI is InChI=1S/C19H20ClF2N3O3/c1-10-5-14(8-17(23-10)25-12(3)26)18(27)24-11(2)13-6-15(20)9-16(7-13)28-19(4,21)22/h5-9,11H,1-4H3,(H,24,27)(H,23,25,26). The Morgan fingerprint density at radius 3 is 2.50 bits per heavy atom. The van der Waals surface area contributed by atoms with E-state index in [1.54, 1.807) is 26.0 Å². The molecule has 1 heterocycles. The van der Waals surface area contributed by atoms with E-state index in [9.17, 15) is 18.4 Å². The molecule has 0 spiro atoms. The van der Waals surface area contributed by atoms with Crippen molar-refractivity contribution in [1.82, 2.24) is 10.3 Å². The highest BCUT2D eigenvalue weighted by Crippen LogP contribution is 2.28. The van der Waals surface area contributed by atoms with Gasteiger partial charge in [-0.2, -0.15) is 8.78 Å². The van der Waals surface area contributed by atoms with Crippen molar-refractivity contribution in [3.8, 4) is 5.75 Å². The third-order valence-corrected chi connectivity index (χ3v) is 3.78. The Balaban J connectivity index is 2.20. The molecular weight excluding hydrogens is 392 g/mol. The number of nitrogens with zero attached hydrogens (tertiary/aromatic N) is 1. The van der Waals surface area contributed by atoms with E-state index in [-0.39, 0.29) is 22.5 Å². The molecule has 6 nitrogen and oxygen atoms in total. The van der Waals surface area contributed by atoms with Gasteiger partial charge in [-0.3, -0.25) is 9.59 Å². The molecule has 0 aliphatic carbocycles. The predicted octanol–water partition coefficient (Wildman–Crippen LogP) is 4.48. The molecule has 2 aromatic rings. The number of rotatable bonds is 6. The molecule has 0 fully saturated rings. The number of alkyl halides is 2. The largest absolute Gasteiger partial charge is 0.433 e. The lowest BCUT2D eigenvalue weighted by atomic mass is 10.1. The first-order chi connectivity index (χ1) is 12.9. The highest BCUT2D eigenvalue weighted by molar-refractivity contribution is 6.30. The summed E-state index contributed by atoms with van der Waals surface area (Å²) in [5.41, 5.74) is 1.34. The first-order valence-corrected chi connectivity index (χ1v) is 8.75. The van der Waals surface area contributed by atoms with E-state index in [4.69, 9.17) is 11.6 Å². The van der Waals surface area contributed by atoms with Gasteiger partial charge in [-0.05, 0) is 49.7 Å². The van der Waals surface area contributed by atoms with E-state index in [1.165, 1.54) is 25.1 Å². The fourth-order valence-corrected chi connectivity index (χ4v) is 2.74. The zero-order chi connectivity index (χ0) is 21.1. The van der Waals surface area contributed by atoms with Crippen molar-refractivity contribution in [2.75, 3.05) is 5.32 Å². The van der Waals surface area contributed by atoms with Crippen LogP contribution in [0.25, 0.3) is 0 Å². The summed E-state index contributed by atoms with van der Waals surface area (Å²) in [5.74, 6) is -0.581. The Morgan fingerprint density at radius 2 is 1.89 bits per heavy atom. The summed E-state index contributed by atoms with van der Waals surface area (Å²) in [4.78, 5) is 27.9. The summed E-state index contributed by atoms with van der Waals surface area (Å²) in [6.07, 6.45) is -3.36. The van der Waals surface area contributed by atoms with Crippen LogP contribution in [0.4, 0.5) is 14.6 Å². The lowest BCUT2D eigenvalue weighted by molar-refractivity contribution is -0.159. The number of nitrogens with one attached hydrogen (secondary N) is 2. The number of benzene rings is 1. The van der Waals surface area contributed by atoms with Crippen molar-refractivity contribution in [2.24, 2.45) is 0 Å². The molecule has 0 radical (unpaired) electrons. The van der Waals surface area contributed by atoms with Gasteiger partial charge in [-0.1, -0.05) is 11.6 Å². The minimum atomic E-state index is -3.36. The molecule has 9 heteroatoms. The molecule has 0 bridgehead atoms. The van der Waals surface area contributed by atoms with E-state index in [0.29, 0.717) is 23.7 Å². The van der Waals surface area contributed by atoms with Crippen LogP contribution in [0.3, 0.4) is 0 Å². The lowest BCUT2D eigenvalue weighted by Crippen LogP contribution is -2.27. The quantitative estimate of drug-likeness (QED) is 0.734. The summed E-state index contributed by atoms with van der Waals surface area (Å²) in [5, 5.41) is 5.48. The van der Waals surface area contributed by atoms with Crippen molar-refractivity contribution in [3.63, 3.8) is 0 Å². The predicted molar refractivity (Wildman–Crippen MR) is 102 cm³/mol. The molecule has 0 aliphatic rings. The normalized spacial score (nSPS) is 12.2. The Kier molecular flexibility index (Phi) is 6.56. The summed E-state index contributed by atoms with van der Waals surface area (Å²) >= 11 is 5.98. The van der Waals surface area contributed by atoms with Gasteiger partial charge >= 0.3 is 6.11 Å². The number of amides is 2. The van der Waals surface area contributed by atoms with Gasteiger partial charge in [-0.15, -0.1) is 0 Å². The number of halogens is 3. The minimum absolute atomic E-state index is 0.108. The van der Waals surface area contributed by atoms with Gasteiger partial charge in [0.2, 0.25) is 5.91 Å². The second-order valence-corrected chi connectivity index (χ2v) is 6.83. The maximum absolute atomic E-state index is 13.1. The molecule has 1 unspecified atom stereocenters. The Morgan fingerprint density at radius 1 is 1.21 bits per heavy atom. The fourth-order valence-electron chi connectivity index (χ4n) is 2.51. The SMILES string of the molecule is CC(=O)Nc1cc(C(=O)NC(C)c2cc(Cl)cc(OC(C)(F)F)c2)cc(C)n1. The third kappa shape index (κ3) is 6.45. The Hall–Kier alpha value is -2.74. The minimum Gasteiger partial charge on any atom is -0.433 e. The second kappa shape index (κ2) is 8.52. The van der Waals surface area contributed by atoms with Crippen LogP contribution in [0.5, 0.6) is 5.75 Å². The maximum Gasteiger partial charge on any atom is 0.394 e. The summed E-state index contributed by atoms with van der Waals surface area (Å²) in [7, 11) is 0. The van der Waals surface area contributed by atoms with Crippen LogP contribution in [-0.4, -0.2) is 22.9 Å². The molecule has 2 rings (SSSR count). The van der Waals surface area contributed by atoms with Crippen molar-refractivity contribution in [2.45, 2.75) is 39.8 Å². The lowest BCUT2D eigenvalue weighted by Gasteiger charge is -2.18. The maximum atomic E-state index is 13.1. The number of anilines is 1. The van der Waals surface area contributed by atoms with Crippen LogP contribution in [0.1, 0.15) is 48.4 Å². The number of carbonyl (C=O) groups is 2. The van der Waals surface area contributed by atoms with Crippen LogP contribution in [0.15, 0.2) is 30.3 Å². The second-order valence-electron chi connectivity index (χ2n) is 6.39. The van der Waals surface area contributed by atoms with Crippen molar-refractivity contribution in [3.05, 3.63) is 52.2 Å². The van der Waals surface area contributed by atoms with Crippen LogP contribution in [-0.2, 0) is 4.79 Å². The van der Waals surface area contributed by atoms with Gasteiger partial charge in [0.1, 0.15) is 11.6 Å². The third-order valence-electron chi connectivity index (χ3n) is 3.56. The first-order valence-electron chi connectivity index (χ1n) is 8.37.